The van der Waals surface area contributed by atoms with Crippen LogP contribution < -0.4 is 5.22 Å². The molecule has 0 saturated heterocycles. The minimum absolute atomic E-state index is 0.0675. The van der Waals surface area contributed by atoms with Crippen LogP contribution in [0.15, 0.2) is 91.0 Å². The van der Waals surface area contributed by atoms with Gasteiger partial charge in [0.15, 0.2) is 0 Å². The Balaban J connectivity index is 1.99. The van der Waals surface area contributed by atoms with Crippen molar-refractivity contribution in [3.8, 4) is 45.5 Å². The summed E-state index contributed by atoms with van der Waals surface area (Å²) in [6.07, 6.45) is 0. The first-order valence-electron chi connectivity index (χ1n) is 10.6. The summed E-state index contributed by atoms with van der Waals surface area (Å²) in [7, 11) is 0. The lowest BCUT2D eigenvalue weighted by Crippen LogP contribution is -2.08. The molecule has 4 aromatic rings. The number of fused-ring (bicyclic) bond motifs is 3. The summed E-state index contributed by atoms with van der Waals surface area (Å²) in [6.45, 7) is 0. The molecule has 0 radical (unpaired) electrons. The van der Waals surface area contributed by atoms with Gasteiger partial charge in [-0.2, -0.15) is 10.5 Å². The van der Waals surface area contributed by atoms with Gasteiger partial charge in [-0.15, -0.1) is 0 Å². The molecule has 0 bridgehead atoms. The maximum Gasteiger partial charge on any atom is 0.138 e. The molecule has 2 nitrogen and oxygen atoms in total. The van der Waals surface area contributed by atoms with E-state index in [-0.39, 0.29) is 11.4 Å². The molecule has 0 heterocycles. The molecule has 0 aliphatic heterocycles. The molecule has 0 N–H and O–H groups in total. The average molecular weight is 422 g/mol. The highest BCUT2D eigenvalue weighted by Crippen LogP contribution is 2.51. The smallest absolute Gasteiger partial charge is 0.138 e. The Kier molecular flexibility index (Phi) is 4.12. The van der Waals surface area contributed by atoms with Crippen molar-refractivity contribution >= 4 is 27.1 Å². The molecule has 0 saturated carbocycles. The number of hydrogen-bond donors (Lipinski definition) is 0. The molecule has 4 aromatic carbocycles. The summed E-state index contributed by atoms with van der Waals surface area (Å²) in [5.74, 6) is -0.259. The van der Waals surface area contributed by atoms with E-state index in [2.05, 4.69) is 12.1 Å². The van der Waals surface area contributed by atoms with E-state index in [1.54, 1.807) is 6.07 Å². The number of rotatable bonds is 2. The first-order valence-corrected chi connectivity index (χ1v) is 10.6. The average Bonchev–Trinajstić information content (AvgIpc) is 3.37. The fraction of sp³-hybridized carbons (Fsp3) is 0. The predicted molar refractivity (Wildman–Crippen MR) is 130 cm³/mol. The van der Waals surface area contributed by atoms with E-state index in [4.69, 9.17) is 0 Å². The Morgan fingerprint density at radius 2 is 1.06 bits per heavy atom. The summed E-state index contributed by atoms with van der Waals surface area (Å²) in [5.41, 5.74) is 5.48. The van der Waals surface area contributed by atoms with Gasteiger partial charge in [0, 0.05) is 27.1 Å². The van der Waals surface area contributed by atoms with Crippen LogP contribution in [0.1, 0.15) is 0 Å². The van der Waals surface area contributed by atoms with Crippen molar-refractivity contribution in [2.45, 2.75) is 0 Å². The lowest BCUT2D eigenvalue weighted by molar-refractivity contribution is 0.640. The highest BCUT2D eigenvalue weighted by Gasteiger charge is 2.30. The second-order valence-corrected chi connectivity index (χ2v) is 8.03. The van der Waals surface area contributed by atoms with Gasteiger partial charge in [0.2, 0.25) is 0 Å². The van der Waals surface area contributed by atoms with Crippen molar-refractivity contribution in [2.75, 3.05) is 0 Å². The maximum atomic E-state index is 14.8. The topological polar surface area (TPSA) is 47.6 Å². The molecule has 6 rings (SSSR count). The minimum Gasteiger partial charge on any atom is -0.206 e. The van der Waals surface area contributed by atoms with Gasteiger partial charge in [-0.1, -0.05) is 84.9 Å². The lowest BCUT2D eigenvalue weighted by Gasteiger charge is -2.05. The van der Waals surface area contributed by atoms with E-state index in [0.717, 1.165) is 49.5 Å². The monoisotopic (exact) mass is 422 g/mol. The Labute approximate surface area is 189 Å². The van der Waals surface area contributed by atoms with E-state index < -0.39 is 0 Å². The van der Waals surface area contributed by atoms with Crippen LogP contribution in [0.2, 0.25) is 0 Å². The third-order valence-corrected chi connectivity index (χ3v) is 6.37. The van der Waals surface area contributed by atoms with Crippen molar-refractivity contribution in [3.05, 3.63) is 102 Å². The number of nitriles is 2. The zero-order valence-corrected chi connectivity index (χ0v) is 17.4. The van der Waals surface area contributed by atoms with Crippen LogP contribution in [0.3, 0.4) is 0 Å². The molecule has 2 aliphatic rings. The molecule has 3 heteroatoms. The molecular weight excluding hydrogens is 407 g/mol. The van der Waals surface area contributed by atoms with Gasteiger partial charge in [-0.3, -0.25) is 0 Å². The molecule has 2 aliphatic carbocycles. The quantitative estimate of drug-likeness (QED) is 0.304. The first kappa shape index (κ1) is 19.0. The lowest BCUT2D eigenvalue weighted by atomic mass is 9.97. The molecule has 0 spiro atoms. The van der Waals surface area contributed by atoms with Crippen LogP contribution in [-0.4, -0.2) is 0 Å². The summed E-state index contributed by atoms with van der Waals surface area (Å²) in [4.78, 5) is 0. The third kappa shape index (κ3) is 2.57. The number of nitrogens with zero attached hydrogens (tertiary/aromatic N) is 2. The van der Waals surface area contributed by atoms with Gasteiger partial charge in [-0.25, -0.2) is 4.39 Å². The summed E-state index contributed by atoms with van der Waals surface area (Å²) < 4.78 is 14.8. The Morgan fingerprint density at radius 3 is 1.61 bits per heavy atom. The highest BCUT2D eigenvalue weighted by molar-refractivity contribution is 6.29. The summed E-state index contributed by atoms with van der Waals surface area (Å²) >= 11 is 0. The normalized spacial score (nSPS) is 11.1. The van der Waals surface area contributed by atoms with Crippen molar-refractivity contribution < 1.29 is 4.39 Å². The van der Waals surface area contributed by atoms with Gasteiger partial charge in [-0.05, 0) is 39.1 Å². The zero-order valence-electron chi connectivity index (χ0n) is 17.4. The maximum absolute atomic E-state index is 14.8. The van der Waals surface area contributed by atoms with Gasteiger partial charge in [0.25, 0.3) is 0 Å². The standard InChI is InChI=1S/C30H15FN2/c31-24-15-14-23-28-21(24)12-7-13-22(28)29-25(18-8-3-1-4-9-18)27(20(16-32)17-33)26(30(23)29)19-10-5-2-6-11-19/h1-15H. The summed E-state index contributed by atoms with van der Waals surface area (Å²) in [5, 5.41) is 23.8. The van der Waals surface area contributed by atoms with Crippen LogP contribution >= 0.6 is 0 Å². The highest BCUT2D eigenvalue weighted by atomic mass is 19.1. The molecule has 152 valence electrons. The fourth-order valence-electron chi connectivity index (χ4n) is 5.13. The van der Waals surface area contributed by atoms with Gasteiger partial charge >= 0.3 is 0 Å². The Morgan fingerprint density at radius 1 is 0.545 bits per heavy atom. The largest absolute Gasteiger partial charge is 0.206 e. The summed E-state index contributed by atoms with van der Waals surface area (Å²) in [6, 6.07) is 32.9. The Bertz CT molecular complexity index is 1680. The van der Waals surface area contributed by atoms with Crippen molar-refractivity contribution in [1.82, 2.24) is 0 Å². The second-order valence-electron chi connectivity index (χ2n) is 8.03. The molecule has 33 heavy (non-hydrogen) atoms. The third-order valence-electron chi connectivity index (χ3n) is 6.37. The van der Waals surface area contributed by atoms with E-state index in [1.165, 1.54) is 6.07 Å². The molecule has 0 amide bonds. The zero-order chi connectivity index (χ0) is 22.5. The van der Waals surface area contributed by atoms with E-state index >= 15 is 0 Å². The van der Waals surface area contributed by atoms with Crippen molar-refractivity contribution in [3.63, 3.8) is 0 Å². The van der Waals surface area contributed by atoms with Gasteiger partial charge < -0.3 is 0 Å². The molecule has 0 atom stereocenters. The first-order chi connectivity index (χ1) is 16.2. The van der Waals surface area contributed by atoms with Crippen LogP contribution in [-0.2, 0) is 0 Å². The molecule has 0 unspecified atom stereocenters. The number of hydrogen-bond acceptors (Lipinski definition) is 2. The SMILES string of the molecule is N#CC(C#N)=c1c(-c2ccccc2)c2c3cccc4c(F)ccc(c-2c1-c1ccccc1)c43. The van der Waals surface area contributed by atoms with Crippen molar-refractivity contribution in [2.24, 2.45) is 0 Å². The molecule has 0 fully saturated rings. The molecular formula is C30H15FN2. The van der Waals surface area contributed by atoms with E-state index in [9.17, 15) is 14.9 Å². The van der Waals surface area contributed by atoms with Crippen molar-refractivity contribution in [1.29, 1.82) is 10.5 Å². The number of halogens is 1. The second kappa shape index (κ2) is 7.16. The van der Waals surface area contributed by atoms with Crippen LogP contribution in [0, 0.1) is 28.5 Å². The van der Waals surface area contributed by atoms with E-state index in [0.29, 0.717) is 10.6 Å². The van der Waals surface area contributed by atoms with Crippen LogP contribution in [0.25, 0.3) is 60.5 Å². The van der Waals surface area contributed by atoms with Crippen LogP contribution in [0.5, 0.6) is 0 Å². The fourth-order valence-corrected chi connectivity index (χ4v) is 5.13. The Hall–Kier alpha value is -4.73. The van der Waals surface area contributed by atoms with E-state index in [1.807, 2.05) is 78.9 Å². The van der Waals surface area contributed by atoms with Gasteiger partial charge in [0.1, 0.15) is 23.5 Å². The van der Waals surface area contributed by atoms with Gasteiger partial charge in [0.05, 0.1) is 0 Å². The minimum atomic E-state index is -0.259. The van der Waals surface area contributed by atoms with Crippen LogP contribution in [0.4, 0.5) is 4.39 Å². The molecule has 0 aromatic heterocycles. The number of benzene rings is 4. The predicted octanol–water partition coefficient (Wildman–Crippen LogP) is 6.93.